The molecule has 0 aliphatic heterocycles. The standard InChI is InChI=1S/C16H14BF3O3/c18-16(19,20)15-9-13(7-8-14(15)10-1-2-10)23-12-5-3-11(4-6-12)17(21)22/h3-10,21-22H,1-2H2. The first-order valence-electron chi connectivity index (χ1n) is 7.19. The molecule has 7 heteroatoms. The van der Waals surface area contributed by atoms with Gasteiger partial charge in [0.25, 0.3) is 0 Å². The Morgan fingerprint density at radius 3 is 2.09 bits per heavy atom. The lowest BCUT2D eigenvalue weighted by atomic mass is 9.80. The van der Waals surface area contributed by atoms with Crippen molar-refractivity contribution in [2.24, 2.45) is 0 Å². The highest BCUT2D eigenvalue weighted by molar-refractivity contribution is 6.58. The predicted molar refractivity (Wildman–Crippen MR) is 79.8 cm³/mol. The van der Waals surface area contributed by atoms with Crippen LogP contribution in [0.3, 0.4) is 0 Å². The quantitative estimate of drug-likeness (QED) is 0.851. The Bertz CT molecular complexity index is 695. The molecule has 2 aromatic rings. The summed E-state index contributed by atoms with van der Waals surface area (Å²) in [6.45, 7) is 0. The molecule has 0 spiro atoms. The second-order valence-electron chi connectivity index (χ2n) is 5.57. The Labute approximate surface area is 131 Å². The van der Waals surface area contributed by atoms with Crippen molar-refractivity contribution in [3.8, 4) is 11.5 Å². The number of hydrogen-bond donors (Lipinski definition) is 2. The van der Waals surface area contributed by atoms with E-state index < -0.39 is 18.9 Å². The van der Waals surface area contributed by atoms with E-state index in [9.17, 15) is 13.2 Å². The molecule has 0 saturated heterocycles. The molecule has 3 rings (SSSR count). The summed E-state index contributed by atoms with van der Waals surface area (Å²) in [4.78, 5) is 0. The molecule has 2 N–H and O–H groups in total. The van der Waals surface area contributed by atoms with E-state index in [0.29, 0.717) is 11.3 Å². The molecule has 1 fully saturated rings. The van der Waals surface area contributed by atoms with Gasteiger partial charge in [-0.15, -0.1) is 0 Å². The zero-order chi connectivity index (χ0) is 16.6. The number of hydrogen-bond acceptors (Lipinski definition) is 3. The van der Waals surface area contributed by atoms with Gasteiger partial charge in [-0.05, 0) is 54.1 Å². The van der Waals surface area contributed by atoms with E-state index in [1.807, 2.05) is 0 Å². The maximum Gasteiger partial charge on any atom is 0.488 e. The zero-order valence-electron chi connectivity index (χ0n) is 12.0. The molecule has 1 aliphatic rings. The van der Waals surface area contributed by atoms with Crippen molar-refractivity contribution in [3.63, 3.8) is 0 Å². The maximum absolute atomic E-state index is 13.2. The number of ether oxygens (including phenoxy) is 1. The first-order chi connectivity index (χ1) is 10.8. The van der Waals surface area contributed by atoms with Crippen molar-refractivity contribution >= 4 is 12.6 Å². The van der Waals surface area contributed by atoms with E-state index in [-0.39, 0.29) is 17.1 Å². The van der Waals surface area contributed by atoms with Crippen molar-refractivity contribution in [2.45, 2.75) is 24.9 Å². The molecule has 2 aromatic carbocycles. The Balaban J connectivity index is 1.85. The highest BCUT2D eigenvalue weighted by Gasteiger charge is 2.38. The summed E-state index contributed by atoms with van der Waals surface area (Å²) < 4.78 is 45.0. The van der Waals surface area contributed by atoms with Crippen LogP contribution in [0.1, 0.15) is 29.9 Å². The van der Waals surface area contributed by atoms with E-state index >= 15 is 0 Å². The van der Waals surface area contributed by atoms with Gasteiger partial charge in [-0.2, -0.15) is 13.2 Å². The summed E-state index contributed by atoms with van der Waals surface area (Å²) in [6, 6.07) is 9.82. The van der Waals surface area contributed by atoms with Crippen LogP contribution < -0.4 is 10.2 Å². The minimum atomic E-state index is -4.41. The first kappa shape index (κ1) is 15.9. The number of rotatable bonds is 4. The van der Waals surface area contributed by atoms with Gasteiger partial charge in [0.2, 0.25) is 0 Å². The lowest BCUT2D eigenvalue weighted by molar-refractivity contribution is -0.138. The van der Waals surface area contributed by atoms with E-state index in [2.05, 4.69) is 0 Å². The molecule has 0 heterocycles. The van der Waals surface area contributed by atoms with Gasteiger partial charge in [0.1, 0.15) is 11.5 Å². The lowest BCUT2D eigenvalue weighted by Crippen LogP contribution is -2.29. The first-order valence-corrected chi connectivity index (χ1v) is 7.19. The van der Waals surface area contributed by atoms with Crippen LogP contribution in [0.5, 0.6) is 11.5 Å². The summed E-state index contributed by atoms with van der Waals surface area (Å²) in [6.07, 6.45) is -2.84. The monoisotopic (exact) mass is 322 g/mol. The zero-order valence-corrected chi connectivity index (χ0v) is 12.0. The predicted octanol–water partition coefficient (Wildman–Crippen LogP) is 3.05. The van der Waals surface area contributed by atoms with Crippen LogP contribution in [0.15, 0.2) is 42.5 Å². The maximum atomic E-state index is 13.2. The van der Waals surface area contributed by atoms with Crippen LogP contribution in [0, 0.1) is 0 Å². The number of alkyl halides is 3. The van der Waals surface area contributed by atoms with Crippen LogP contribution in [0.25, 0.3) is 0 Å². The lowest BCUT2D eigenvalue weighted by Gasteiger charge is -2.15. The average Bonchev–Trinajstić information content (AvgIpc) is 3.31. The molecular formula is C16H14BF3O3. The third-order valence-electron chi connectivity index (χ3n) is 3.76. The molecule has 0 bridgehead atoms. The van der Waals surface area contributed by atoms with Crippen molar-refractivity contribution < 1.29 is 28.0 Å². The minimum absolute atomic E-state index is 0.00833. The number of benzene rings is 2. The summed E-state index contributed by atoms with van der Waals surface area (Å²) >= 11 is 0. The molecule has 0 radical (unpaired) electrons. The van der Waals surface area contributed by atoms with Crippen LogP contribution in [-0.2, 0) is 6.18 Å². The van der Waals surface area contributed by atoms with Crippen LogP contribution in [0.4, 0.5) is 13.2 Å². The Morgan fingerprint density at radius 2 is 1.57 bits per heavy atom. The van der Waals surface area contributed by atoms with Gasteiger partial charge in [0, 0.05) is 0 Å². The minimum Gasteiger partial charge on any atom is -0.457 e. The van der Waals surface area contributed by atoms with Crippen LogP contribution >= 0.6 is 0 Å². The van der Waals surface area contributed by atoms with Crippen LogP contribution in [0.2, 0.25) is 0 Å². The van der Waals surface area contributed by atoms with E-state index in [4.69, 9.17) is 14.8 Å². The highest BCUT2D eigenvalue weighted by Crippen LogP contribution is 2.47. The molecule has 0 atom stereocenters. The molecule has 1 aliphatic carbocycles. The second kappa shape index (κ2) is 5.90. The van der Waals surface area contributed by atoms with Crippen molar-refractivity contribution in [2.75, 3.05) is 0 Å². The summed E-state index contributed by atoms with van der Waals surface area (Å²) in [5.41, 5.74) is -0.0547. The van der Waals surface area contributed by atoms with E-state index in [1.54, 1.807) is 0 Å². The van der Waals surface area contributed by atoms with Gasteiger partial charge in [0.05, 0.1) is 5.56 Å². The normalized spacial score (nSPS) is 14.7. The smallest absolute Gasteiger partial charge is 0.457 e. The number of halogens is 3. The molecule has 0 unspecified atom stereocenters. The molecule has 3 nitrogen and oxygen atoms in total. The van der Waals surface area contributed by atoms with Gasteiger partial charge in [0.15, 0.2) is 0 Å². The van der Waals surface area contributed by atoms with Gasteiger partial charge in [-0.25, -0.2) is 0 Å². The molecule has 0 aromatic heterocycles. The summed E-state index contributed by atoms with van der Waals surface area (Å²) in [5.74, 6) is 0.409. The van der Waals surface area contributed by atoms with Crippen LogP contribution in [-0.4, -0.2) is 17.2 Å². The van der Waals surface area contributed by atoms with E-state index in [1.165, 1.54) is 36.4 Å². The molecule has 1 saturated carbocycles. The van der Waals surface area contributed by atoms with Gasteiger partial charge < -0.3 is 14.8 Å². The molecule has 120 valence electrons. The second-order valence-corrected chi connectivity index (χ2v) is 5.57. The van der Waals surface area contributed by atoms with Crippen molar-refractivity contribution in [3.05, 3.63) is 53.6 Å². The fourth-order valence-electron chi connectivity index (χ4n) is 2.44. The topological polar surface area (TPSA) is 49.7 Å². The van der Waals surface area contributed by atoms with Gasteiger partial charge >= 0.3 is 13.3 Å². The fourth-order valence-corrected chi connectivity index (χ4v) is 2.44. The summed E-state index contributed by atoms with van der Waals surface area (Å²) in [7, 11) is -1.60. The molecule has 23 heavy (non-hydrogen) atoms. The van der Waals surface area contributed by atoms with Gasteiger partial charge in [-0.3, -0.25) is 0 Å². The molecule has 0 amide bonds. The summed E-state index contributed by atoms with van der Waals surface area (Å²) in [5, 5.41) is 18.0. The third kappa shape index (κ3) is 3.68. The average molecular weight is 322 g/mol. The SMILES string of the molecule is OB(O)c1ccc(Oc2ccc(C3CC3)c(C(F)(F)F)c2)cc1. The van der Waals surface area contributed by atoms with Crippen molar-refractivity contribution in [1.29, 1.82) is 0 Å². The Morgan fingerprint density at radius 1 is 0.957 bits per heavy atom. The van der Waals surface area contributed by atoms with Gasteiger partial charge in [-0.1, -0.05) is 18.2 Å². The van der Waals surface area contributed by atoms with Crippen molar-refractivity contribution in [1.82, 2.24) is 0 Å². The largest absolute Gasteiger partial charge is 0.488 e. The highest BCUT2D eigenvalue weighted by atomic mass is 19.4. The Kier molecular flexibility index (Phi) is 4.08. The Hall–Kier alpha value is -1.99. The molecular weight excluding hydrogens is 308 g/mol. The van der Waals surface area contributed by atoms with E-state index in [0.717, 1.165) is 18.9 Å². The fraction of sp³-hybridized carbons (Fsp3) is 0.250. The third-order valence-corrected chi connectivity index (χ3v) is 3.76.